The molecule has 0 saturated heterocycles. The topological polar surface area (TPSA) is 69.4 Å². The molecule has 1 fully saturated rings. The number of nitrogens with zero attached hydrogens (tertiary/aromatic N) is 1. The van der Waals surface area contributed by atoms with Crippen LogP contribution < -0.4 is 0 Å². The van der Waals surface area contributed by atoms with E-state index in [2.05, 4.69) is 0 Å². The molecule has 1 aromatic rings. The number of ketones is 1. The van der Waals surface area contributed by atoms with E-state index in [0.29, 0.717) is 6.42 Å². The zero-order valence-corrected chi connectivity index (χ0v) is 12.5. The lowest BCUT2D eigenvalue weighted by Crippen LogP contribution is -2.57. The molecule has 0 radical (unpaired) electrons. The molecule has 0 spiro atoms. The van der Waals surface area contributed by atoms with Crippen molar-refractivity contribution in [1.29, 1.82) is 0 Å². The van der Waals surface area contributed by atoms with Gasteiger partial charge in [-0.05, 0) is 18.4 Å². The highest BCUT2D eigenvalue weighted by Crippen LogP contribution is 2.39. The predicted octanol–water partition coefficient (Wildman–Crippen LogP) is 2.65. The molecule has 0 bridgehead atoms. The highest BCUT2D eigenvalue weighted by atomic mass is 16.6. The molecular weight excluding hydrogens is 270 g/mol. The van der Waals surface area contributed by atoms with Gasteiger partial charge in [-0.3, -0.25) is 14.9 Å². The van der Waals surface area contributed by atoms with Crippen LogP contribution in [0.5, 0.6) is 0 Å². The molecule has 0 N–H and O–H groups in total. The number of carbonyl (C=O) groups is 1. The fourth-order valence-electron chi connectivity index (χ4n) is 3.21. The van der Waals surface area contributed by atoms with Crippen molar-refractivity contribution in [2.75, 3.05) is 7.11 Å². The van der Waals surface area contributed by atoms with Gasteiger partial charge in [0.1, 0.15) is 11.9 Å². The van der Waals surface area contributed by atoms with Crippen LogP contribution in [0.1, 0.15) is 31.7 Å². The Hall–Kier alpha value is -1.75. The smallest absolute Gasteiger partial charge is 0.248 e. The summed E-state index contributed by atoms with van der Waals surface area (Å²) in [4.78, 5) is 23.2. The largest absolute Gasteiger partial charge is 0.374 e. The van der Waals surface area contributed by atoms with E-state index in [9.17, 15) is 14.9 Å². The van der Waals surface area contributed by atoms with Gasteiger partial charge in [-0.2, -0.15) is 0 Å². The Bertz CT molecular complexity index is 516. The molecule has 1 aliphatic rings. The fraction of sp³-hybridized carbons (Fsp3) is 0.562. The molecule has 0 heterocycles. The van der Waals surface area contributed by atoms with Gasteiger partial charge in [0.05, 0.1) is 0 Å². The number of methoxy groups -OCH3 is 1. The molecule has 2 rings (SSSR count). The summed E-state index contributed by atoms with van der Waals surface area (Å²) in [7, 11) is 1.44. The SMILES string of the molecule is CO[C@H]1CC(=O)C[C@@H](CCc2ccccc2)[C@]1(C)[N+](=O)[O-]. The fourth-order valence-corrected chi connectivity index (χ4v) is 3.21. The third-order valence-electron chi connectivity index (χ3n) is 4.67. The molecule has 0 amide bonds. The van der Waals surface area contributed by atoms with Gasteiger partial charge in [0.15, 0.2) is 0 Å². The van der Waals surface area contributed by atoms with Crippen LogP contribution >= 0.6 is 0 Å². The van der Waals surface area contributed by atoms with E-state index in [4.69, 9.17) is 4.74 Å². The number of ether oxygens (including phenoxy) is 1. The van der Waals surface area contributed by atoms with E-state index in [0.717, 1.165) is 12.0 Å². The van der Waals surface area contributed by atoms with Gasteiger partial charge in [-0.1, -0.05) is 30.3 Å². The van der Waals surface area contributed by atoms with Gasteiger partial charge in [-0.15, -0.1) is 0 Å². The van der Waals surface area contributed by atoms with Crippen molar-refractivity contribution in [2.45, 2.75) is 44.2 Å². The van der Waals surface area contributed by atoms with Gasteiger partial charge < -0.3 is 4.74 Å². The zero-order chi connectivity index (χ0) is 15.5. The highest BCUT2D eigenvalue weighted by Gasteiger charge is 2.56. The van der Waals surface area contributed by atoms with Crippen LogP contribution in [0.4, 0.5) is 0 Å². The van der Waals surface area contributed by atoms with Crippen LogP contribution in [0, 0.1) is 16.0 Å². The lowest BCUT2D eigenvalue weighted by Gasteiger charge is -2.38. The lowest BCUT2D eigenvalue weighted by molar-refractivity contribution is -0.591. The van der Waals surface area contributed by atoms with E-state index in [1.54, 1.807) is 6.92 Å². The molecule has 114 valence electrons. The van der Waals surface area contributed by atoms with Crippen molar-refractivity contribution < 1.29 is 14.5 Å². The molecule has 0 unspecified atom stereocenters. The van der Waals surface area contributed by atoms with Crippen LogP contribution in [0.25, 0.3) is 0 Å². The highest BCUT2D eigenvalue weighted by molar-refractivity contribution is 5.80. The quantitative estimate of drug-likeness (QED) is 0.617. The van der Waals surface area contributed by atoms with Gasteiger partial charge in [-0.25, -0.2) is 0 Å². The average Bonchev–Trinajstić information content (AvgIpc) is 2.48. The summed E-state index contributed by atoms with van der Waals surface area (Å²) in [5, 5.41) is 11.6. The van der Waals surface area contributed by atoms with Crippen molar-refractivity contribution in [3.05, 3.63) is 46.0 Å². The van der Waals surface area contributed by atoms with Gasteiger partial charge in [0.2, 0.25) is 5.54 Å². The zero-order valence-electron chi connectivity index (χ0n) is 12.5. The van der Waals surface area contributed by atoms with Crippen LogP contribution in [0.3, 0.4) is 0 Å². The summed E-state index contributed by atoms with van der Waals surface area (Å²) in [5.41, 5.74) is -0.0626. The van der Waals surface area contributed by atoms with Crippen molar-refractivity contribution in [2.24, 2.45) is 5.92 Å². The van der Waals surface area contributed by atoms with E-state index < -0.39 is 11.6 Å². The van der Waals surface area contributed by atoms with Gasteiger partial charge in [0, 0.05) is 37.7 Å². The Balaban J connectivity index is 2.17. The van der Waals surface area contributed by atoms with Crippen LogP contribution in [0.2, 0.25) is 0 Å². The Morgan fingerprint density at radius 1 is 1.33 bits per heavy atom. The number of aryl methyl sites for hydroxylation is 1. The maximum Gasteiger partial charge on any atom is 0.248 e. The third kappa shape index (κ3) is 3.13. The molecule has 5 nitrogen and oxygen atoms in total. The summed E-state index contributed by atoms with van der Waals surface area (Å²) in [6.07, 6.45) is 1.11. The molecule has 0 aliphatic heterocycles. The maximum absolute atomic E-state index is 11.9. The number of hydrogen-bond acceptors (Lipinski definition) is 4. The second kappa shape index (κ2) is 6.35. The first kappa shape index (κ1) is 15.6. The predicted molar refractivity (Wildman–Crippen MR) is 78.7 cm³/mol. The van der Waals surface area contributed by atoms with Crippen molar-refractivity contribution in [3.63, 3.8) is 0 Å². The van der Waals surface area contributed by atoms with Gasteiger partial charge in [0.25, 0.3) is 0 Å². The van der Waals surface area contributed by atoms with E-state index in [1.807, 2.05) is 30.3 Å². The minimum Gasteiger partial charge on any atom is -0.374 e. The normalized spacial score (nSPS) is 29.3. The maximum atomic E-state index is 11.9. The summed E-state index contributed by atoms with van der Waals surface area (Å²) >= 11 is 0. The Morgan fingerprint density at radius 3 is 2.57 bits per heavy atom. The Kier molecular flexibility index (Phi) is 4.73. The molecule has 3 atom stereocenters. The minimum atomic E-state index is -1.20. The summed E-state index contributed by atoms with van der Waals surface area (Å²) in [6.45, 7) is 1.61. The second-order valence-electron chi connectivity index (χ2n) is 5.88. The molecular formula is C16H21NO4. The van der Waals surface area contributed by atoms with Crippen molar-refractivity contribution >= 4 is 5.78 Å². The molecule has 0 aromatic heterocycles. The summed E-state index contributed by atoms with van der Waals surface area (Å²) in [5.74, 6) is -0.238. The molecule has 5 heteroatoms. The van der Waals surface area contributed by atoms with Crippen LogP contribution in [-0.2, 0) is 16.0 Å². The number of hydrogen-bond donors (Lipinski definition) is 0. The van der Waals surface area contributed by atoms with E-state index in [1.165, 1.54) is 7.11 Å². The van der Waals surface area contributed by atoms with Crippen LogP contribution in [-0.4, -0.2) is 29.5 Å². The van der Waals surface area contributed by atoms with Crippen molar-refractivity contribution in [3.8, 4) is 0 Å². The standard InChI is InChI=1S/C16H21NO4/c1-16(17(19)20)13(10-14(18)11-15(16)21-2)9-8-12-6-4-3-5-7-12/h3-7,13,15H,8-11H2,1-2H3/t13-,15+,16+/m1/s1. The summed E-state index contributed by atoms with van der Waals surface area (Å²) in [6, 6.07) is 9.84. The first-order valence-corrected chi connectivity index (χ1v) is 7.21. The van der Waals surface area contributed by atoms with E-state index in [-0.39, 0.29) is 29.5 Å². The number of benzene rings is 1. The lowest BCUT2D eigenvalue weighted by atomic mass is 9.69. The number of Topliss-reactive ketones (excluding diaryl/α,β-unsaturated/α-hetero) is 1. The third-order valence-corrected chi connectivity index (χ3v) is 4.67. The number of carbonyl (C=O) groups excluding carboxylic acids is 1. The monoisotopic (exact) mass is 291 g/mol. The van der Waals surface area contributed by atoms with Crippen molar-refractivity contribution in [1.82, 2.24) is 0 Å². The number of nitro groups is 1. The molecule has 1 aliphatic carbocycles. The minimum absolute atomic E-state index is 0.0548. The first-order valence-electron chi connectivity index (χ1n) is 7.21. The Labute approximate surface area is 124 Å². The molecule has 1 saturated carbocycles. The average molecular weight is 291 g/mol. The second-order valence-corrected chi connectivity index (χ2v) is 5.88. The molecule has 1 aromatic carbocycles. The van der Waals surface area contributed by atoms with E-state index >= 15 is 0 Å². The van der Waals surface area contributed by atoms with Crippen LogP contribution in [0.15, 0.2) is 30.3 Å². The first-order chi connectivity index (χ1) is 9.98. The molecule has 21 heavy (non-hydrogen) atoms. The van der Waals surface area contributed by atoms with Gasteiger partial charge >= 0.3 is 0 Å². The Morgan fingerprint density at radius 2 is 2.00 bits per heavy atom. The number of rotatable bonds is 5. The summed E-state index contributed by atoms with van der Waals surface area (Å²) < 4.78 is 5.26.